The summed E-state index contributed by atoms with van der Waals surface area (Å²) < 4.78 is 28.3. The molecule has 0 aromatic carbocycles. The molecular formula is C10H18N4O2S. The molecule has 17 heavy (non-hydrogen) atoms. The molecule has 0 radical (unpaired) electrons. The minimum Gasteiger partial charge on any atom is -0.313 e. The van der Waals surface area contributed by atoms with Crippen molar-refractivity contribution < 1.29 is 8.42 Å². The highest BCUT2D eigenvalue weighted by molar-refractivity contribution is 7.89. The van der Waals surface area contributed by atoms with Crippen molar-refractivity contribution in [1.82, 2.24) is 19.8 Å². The summed E-state index contributed by atoms with van der Waals surface area (Å²) >= 11 is 0. The number of nitrogens with zero attached hydrogens (tertiary/aromatic N) is 2. The predicted molar refractivity (Wildman–Crippen MR) is 64.0 cm³/mol. The van der Waals surface area contributed by atoms with Gasteiger partial charge >= 0.3 is 0 Å². The Morgan fingerprint density at radius 1 is 1.59 bits per heavy atom. The van der Waals surface area contributed by atoms with Crippen LogP contribution in [-0.4, -0.2) is 36.8 Å². The Hall–Kier alpha value is -0.920. The molecule has 96 valence electrons. The number of sulfonamides is 1. The molecule has 0 unspecified atom stereocenters. The molecule has 1 saturated heterocycles. The third kappa shape index (κ3) is 2.85. The third-order valence-corrected chi connectivity index (χ3v) is 4.50. The second-order valence-corrected chi connectivity index (χ2v) is 6.18. The highest BCUT2D eigenvalue weighted by Gasteiger charge is 2.27. The van der Waals surface area contributed by atoms with Gasteiger partial charge in [-0.05, 0) is 26.3 Å². The van der Waals surface area contributed by atoms with E-state index in [2.05, 4.69) is 15.1 Å². The van der Waals surface area contributed by atoms with Crippen LogP contribution in [0, 0.1) is 0 Å². The van der Waals surface area contributed by atoms with Gasteiger partial charge in [0.05, 0.1) is 6.20 Å². The van der Waals surface area contributed by atoms with Gasteiger partial charge in [-0.15, -0.1) is 0 Å². The lowest BCUT2D eigenvalue weighted by Crippen LogP contribution is -2.51. The Morgan fingerprint density at radius 3 is 2.94 bits per heavy atom. The molecule has 2 N–H and O–H groups in total. The van der Waals surface area contributed by atoms with Gasteiger partial charge in [0.1, 0.15) is 4.90 Å². The normalized spacial score (nSPS) is 26.0. The Kier molecular flexibility index (Phi) is 3.50. The molecule has 7 heteroatoms. The van der Waals surface area contributed by atoms with E-state index >= 15 is 0 Å². The highest BCUT2D eigenvalue weighted by atomic mass is 32.2. The van der Waals surface area contributed by atoms with E-state index in [1.54, 1.807) is 7.05 Å². The number of nitrogens with one attached hydrogen (secondary N) is 2. The van der Waals surface area contributed by atoms with Crippen molar-refractivity contribution in [3.63, 3.8) is 0 Å². The predicted octanol–water partition coefficient (Wildman–Crippen LogP) is -0.161. The molecule has 1 aliphatic heterocycles. The lowest BCUT2D eigenvalue weighted by Gasteiger charge is -2.30. The Morgan fingerprint density at radius 2 is 2.35 bits per heavy atom. The molecule has 2 atom stereocenters. The van der Waals surface area contributed by atoms with Gasteiger partial charge in [0.25, 0.3) is 0 Å². The molecule has 0 bridgehead atoms. The van der Waals surface area contributed by atoms with Gasteiger partial charge in [-0.1, -0.05) is 0 Å². The minimum absolute atomic E-state index is 0.0473. The summed E-state index contributed by atoms with van der Waals surface area (Å²) in [6.07, 6.45) is 4.73. The van der Waals surface area contributed by atoms with Crippen LogP contribution >= 0.6 is 0 Å². The van der Waals surface area contributed by atoms with E-state index < -0.39 is 10.0 Å². The topological polar surface area (TPSA) is 76.0 Å². The summed E-state index contributed by atoms with van der Waals surface area (Å²) in [4.78, 5) is 0.220. The fourth-order valence-corrected chi connectivity index (χ4v) is 3.34. The Balaban J connectivity index is 2.11. The quantitative estimate of drug-likeness (QED) is 0.790. The van der Waals surface area contributed by atoms with Crippen LogP contribution in [0.1, 0.15) is 19.8 Å². The SMILES string of the molecule is C[C@@H]1NCCC[C@@H]1NS(=O)(=O)c1cnn(C)c1. The third-order valence-electron chi connectivity index (χ3n) is 3.06. The van der Waals surface area contributed by atoms with Crippen LogP contribution < -0.4 is 10.0 Å². The van der Waals surface area contributed by atoms with Crippen LogP contribution in [0.15, 0.2) is 17.3 Å². The molecule has 2 rings (SSSR count). The molecule has 1 aliphatic rings. The molecule has 6 nitrogen and oxygen atoms in total. The molecule has 0 aliphatic carbocycles. The van der Waals surface area contributed by atoms with Gasteiger partial charge in [-0.2, -0.15) is 5.10 Å². The fraction of sp³-hybridized carbons (Fsp3) is 0.700. The van der Waals surface area contributed by atoms with Gasteiger partial charge in [-0.3, -0.25) is 4.68 Å². The molecule has 0 spiro atoms. The first-order chi connectivity index (χ1) is 7.99. The first-order valence-corrected chi connectivity index (χ1v) is 7.22. The molecule has 1 aromatic heterocycles. The van der Waals surface area contributed by atoms with Crippen LogP contribution in [-0.2, 0) is 17.1 Å². The summed E-state index contributed by atoms with van der Waals surface area (Å²) in [5, 5.41) is 7.14. The largest absolute Gasteiger partial charge is 0.313 e. The maximum atomic E-state index is 12.1. The number of hydrogen-bond acceptors (Lipinski definition) is 4. The Labute approximate surface area is 101 Å². The van der Waals surface area contributed by atoms with Crippen LogP contribution in [0.2, 0.25) is 0 Å². The van der Waals surface area contributed by atoms with Gasteiger partial charge in [0, 0.05) is 25.3 Å². The monoisotopic (exact) mass is 258 g/mol. The average molecular weight is 258 g/mol. The van der Waals surface area contributed by atoms with E-state index in [1.165, 1.54) is 17.1 Å². The number of aryl methyl sites for hydroxylation is 1. The van der Waals surface area contributed by atoms with E-state index in [1.807, 2.05) is 6.92 Å². The van der Waals surface area contributed by atoms with Crippen molar-refractivity contribution in [1.29, 1.82) is 0 Å². The zero-order valence-corrected chi connectivity index (χ0v) is 10.9. The molecular weight excluding hydrogens is 240 g/mol. The second-order valence-electron chi connectivity index (χ2n) is 4.46. The zero-order chi connectivity index (χ0) is 12.5. The van der Waals surface area contributed by atoms with Crippen molar-refractivity contribution in [2.75, 3.05) is 6.54 Å². The van der Waals surface area contributed by atoms with Crippen molar-refractivity contribution in [2.24, 2.45) is 7.05 Å². The van der Waals surface area contributed by atoms with Crippen LogP contribution in [0.5, 0.6) is 0 Å². The van der Waals surface area contributed by atoms with Gasteiger partial charge in [-0.25, -0.2) is 13.1 Å². The minimum atomic E-state index is -3.45. The summed E-state index contributed by atoms with van der Waals surface area (Å²) in [7, 11) is -1.75. The van der Waals surface area contributed by atoms with Crippen molar-refractivity contribution in [3.05, 3.63) is 12.4 Å². The first kappa shape index (κ1) is 12.5. The number of hydrogen-bond donors (Lipinski definition) is 2. The number of aromatic nitrogens is 2. The van der Waals surface area contributed by atoms with Gasteiger partial charge < -0.3 is 5.32 Å². The van der Waals surface area contributed by atoms with E-state index in [4.69, 9.17) is 0 Å². The zero-order valence-electron chi connectivity index (χ0n) is 10.0. The molecule has 0 saturated carbocycles. The summed E-state index contributed by atoms with van der Waals surface area (Å²) in [5.74, 6) is 0. The average Bonchev–Trinajstić information content (AvgIpc) is 2.69. The van der Waals surface area contributed by atoms with Gasteiger partial charge in [0.15, 0.2) is 0 Å². The smallest absolute Gasteiger partial charge is 0.243 e. The van der Waals surface area contributed by atoms with Crippen LogP contribution in [0.4, 0.5) is 0 Å². The lowest BCUT2D eigenvalue weighted by molar-refractivity contribution is 0.349. The fourth-order valence-electron chi connectivity index (χ4n) is 2.01. The maximum absolute atomic E-state index is 12.1. The van der Waals surface area contributed by atoms with Crippen LogP contribution in [0.25, 0.3) is 0 Å². The molecule has 0 amide bonds. The van der Waals surface area contributed by atoms with E-state index in [0.29, 0.717) is 0 Å². The van der Waals surface area contributed by atoms with Crippen molar-refractivity contribution in [3.8, 4) is 0 Å². The lowest BCUT2D eigenvalue weighted by atomic mass is 10.0. The van der Waals surface area contributed by atoms with E-state index in [0.717, 1.165) is 19.4 Å². The second kappa shape index (κ2) is 4.75. The Bertz CT molecular complexity index is 482. The van der Waals surface area contributed by atoms with E-state index in [-0.39, 0.29) is 17.0 Å². The highest BCUT2D eigenvalue weighted by Crippen LogP contribution is 2.13. The van der Waals surface area contributed by atoms with E-state index in [9.17, 15) is 8.42 Å². The molecule has 1 fully saturated rings. The number of rotatable bonds is 3. The summed E-state index contributed by atoms with van der Waals surface area (Å²) in [5.41, 5.74) is 0. The van der Waals surface area contributed by atoms with Gasteiger partial charge in [0.2, 0.25) is 10.0 Å². The maximum Gasteiger partial charge on any atom is 0.243 e. The van der Waals surface area contributed by atoms with Crippen LogP contribution in [0.3, 0.4) is 0 Å². The van der Waals surface area contributed by atoms with Crippen molar-refractivity contribution >= 4 is 10.0 Å². The summed E-state index contributed by atoms with van der Waals surface area (Å²) in [6.45, 7) is 2.95. The standard InChI is InChI=1S/C10H18N4O2S/c1-8-10(4-3-5-11-8)13-17(15,16)9-6-12-14(2)7-9/h6-8,10-11,13H,3-5H2,1-2H3/t8-,10-/m0/s1. The number of piperidine rings is 1. The van der Waals surface area contributed by atoms with Crippen molar-refractivity contribution in [2.45, 2.75) is 36.7 Å². The summed E-state index contributed by atoms with van der Waals surface area (Å²) in [6, 6.07) is 0.115. The molecule has 2 heterocycles. The first-order valence-electron chi connectivity index (χ1n) is 5.73. The molecule has 1 aromatic rings.